The highest BCUT2D eigenvalue weighted by atomic mass is 32.2. The molecule has 7 nitrogen and oxygen atoms in total. The Morgan fingerprint density at radius 1 is 1.07 bits per heavy atom. The van der Waals surface area contributed by atoms with Gasteiger partial charge in [0.1, 0.15) is 0 Å². The van der Waals surface area contributed by atoms with E-state index in [-0.39, 0.29) is 10.6 Å². The Hall–Kier alpha value is -1.51. The molecule has 1 N–H and O–H groups in total. The van der Waals surface area contributed by atoms with Gasteiger partial charge in [-0.15, -0.1) is 0 Å². The van der Waals surface area contributed by atoms with Gasteiger partial charge in [0.15, 0.2) is 0 Å². The van der Waals surface area contributed by atoms with Crippen LogP contribution in [-0.4, -0.2) is 49.4 Å². The first-order chi connectivity index (χ1) is 13.8. The maximum atomic E-state index is 13.2. The summed E-state index contributed by atoms with van der Waals surface area (Å²) < 4.78 is 28.0. The molecule has 4 aliphatic carbocycles. The molecular formula is C21H30N3O4S+. The molecule has 0 aromatic heterocycles. The molecule has 5 fully saturated rings. The highest BCUT2D eigenvalue weighted by Gasteiger charge is 2.56. The number of nitro benzene ring substituents is 1. The Morgan fingerprint density at radius 2 is 1.62 bits per heavy atom. The number of quaternary nitrogens is 1. The minimum atomic E-state index is -3.71. The molecule has 5 aliphatic rings. The summed E-state index contributed by atoms with van der Waals surface area (Å²) in [6, 6.07) is 4.11. The van der Waals surface area contributed by atoms with Gasteiger partial charge in [0.05, 0.1) is 41.5 Å². The molecule has 29 heavy (non-hydrogen) atoms. The number of sulfonamides is 1. The normalized spacial score (nSPS) is 35.1. The predicted octanol–water partition coefficient (Wildman–Crippen LogP) is 1.76. The van der Waals surface area contributed by atoms with Crippen molar-refractivity contribution in [3.63, 3.8) is 0 Å². The van der Waals surface area contributed by atoms with Crippen LogP contribution in [0.5, 0.6) is 0 Å². The van der Waals surface area contributed by atoms with E-state index in [0.717, 1.165) is 30.8 Å². The second-order valence-electron chi connectivity index (χ2n) is 9.91. The molecule has 1 aromatic carbocycles. The topological polar surface area (TPSA) is 85.0 Å². The van der Waals surface area contributed by atoms with E-state index < -0.39 is 14.9 Å². The van der Waals surface area contributed by atoms with Crippen LogP contribution < -0.4 is 4.90 Å². The van der Waals surface area contributed by atoms with E-state index in [0.29, 0.717) is 24.2 Å². The second-order valence-corrected chi connectivity index (χ2v) is 11.8. The first-order valence-corrected chi connectivity index (χ1v) is 12.3. The largest absolute Gasteiger partial charge is 0.328 e. The standard InChI is InChI=1S/C21H29N3O4S/c1-15-2-3-19(24(25)26)11-20(15)29(27,28)23-6-4-22(5-7-23)21-12-16-8-17(13-21)10-18(9-16)14-21/h2-3,11,16-18H,4-10,12-14H2,1H3/p+1. The molecule has 1 aromatic rings. The number of nitrogens with zero attached hydrogens (tertiary/aromatic N) is 2. The number of nitrogens with one attached hydrogen (secondary N) is 1. The lowest BCUT2D eigenvalue weighted by molar-refractivity contribution is -0.962. The maximum absolute atomic E-state index is 13.2. The quantitative estimate of drug-likeness (QED) is 0.594. The summed E-state index contributed by atoms with van der Waals surface area (Å²) in [4.78, 5) is 12.3. The zero-order valence-corrected chi connectivity index (χ0v) is 17.8. The SMILES string of the molecule is Cc1ccc([N+](=O)[O-])cc1S(=O)(=O)N1CC[NH+](C23CC4CC(CC(C4)C2)C3)CC1. The van der Waals surface area contributed by atoms with Gasteiger partial charge in [-0.25, -0.2) is 8.42 Å². The first-order valence-electron chi connectivity index (χ1n) is 10.9. The summed E-state index contributed by atoms with van der Waals surface area (Å²) in [6.07, 6.45) is 8.22. The van der Waals surface area contributed by atoms with Crippen molar-refractivity contribution in [2.75, 3.05) is 26.2 Å². The number of aryl methyl sites for hydroxylation is 1. The van der Waals surface area contributed by atoms with E-state index in [1.165, 1.54) is 56.7 Å². The Bertz CT molecular complexity index is 902. The van der Waals surface area contributed by atoms with Gasteiger partial charge in [-0.05, 0) is 49.5 Å². The summed E-state index contributed by atoms with van der Waals surface area (Å²) in [5, 5.41) is 11.1. The third-order valence-electron chi connectivity index (χ3n) is 8.11. The number of non-ortho nitro benzene ring substituents is 1. The number of piperazine rings is 1. The highest BCUT2D eigenvalue weighted by Crippen LogP contribution is 2.54. The minimum Gasteiger partial charge on any atom is -0.328 e. The van der Waals surface area contributed by atoms with Crippen molar-refractivity contribution in [3.05, 3.63) is 33.9 Å². The van der Waals surface area contributed by atoms with Crippen LogP contribution >= 0.6 is 0 Å². The molecule has 0 radical (unpaired) electrons. The Labute approximate surface area is 172 Å². The van der Waals surface area contributed by atoms with Gasteiger partial charge in [-0.1, -0.05) is 6.07 Å². The van der Waals surface area contributed by atoms with E-state index in [9.17, 15) is 18.5 Å². The number of hydrogen-bond acceptors (Lipinski definition) is 4. The number of hydrogen-bond donors (Lipinski definition) is 1. The minimum absolute atomic E-state index is 0.0740. The molecule has 4 bridgehead atoms. The van der Waals surface area contributed by atoms with Gasteiger partial charge < -0.3 is 4.90 Å². The van der Waals surface area contributed by atoms with Crippen LogP contribution in [0, 0.1) is 34.8 Å². The van der Waals surface area contributed by atoms with Crippen molar-refractivity contribution in [3.8, 4) is 0 Å². The molecule has 1 heterocycles. The molecule has 158 valence electrons. The molecule has 4 saturated carbocycles. The van der Waals surface area contributed by atoms with Crippen LogP contribution in [-0.2, 0) is 10.0 Å². The lowest BCUT2D eigenvalue weighted by Gasteiger charge is -2.59. The third-order valence-corrected chi connectivity index (χ3v) is 10.2. The van der Waals surface area contributed by atoms with E-state index in [1.807, 2.05) is 0 Å². The summed E-state index contributed by atoms with van der Waals surface area (Å²) in [5.74, 6) is 2.68. The van der Waals surface area contributed by atoms with Gasteiger partial charge in [-0.2, -0.15) is 4.31 Å². The average Bonchev–Trinajstić information content (AvgIpc) is 2.67. The van der Waals surface area contributed by atoms with Crippen LogP contribution in [0.2, 0.25) is 0 Å². The van der Waals surface area contributed by atoms with E-state index in [4.69, 9.17) is 0 Å². The van der Waals surface area contributed by atoms with E-state index in [1.54, 1.807) is 16.1 Å². The van der Waals surface area contributed by atoms with Crippen molar-refractivity contribution in [1.29, 1.82) is 0 Å². The highest BCUT2D eigenvalue weighted by molar-refractivity contribution is 7.89. The number of nitro groups is 1. The fourth-order valence-electron chi connectivity index (χ4n) is 7.19. The predicted molar refractivity (Wildman–Crippen MR) is 108 cm³/mol. The van der Waals surface area contributed by atoms with Crippen molar-refractivity contribution in [2.24, 2.45) is 17.8 Å². The average molecular weight is 421 g/mol. The Balaban J connectivity index is 1.33. The van der Waals surface area contributed by atoms with Gasteiger partial charge in [0.2, 0.25) is 10.0 Å². The van der Waals surface area contributed by atoms with Gasteiger partial charge in [0.25, 0.3) is 5.69 Å². The second kappa shape index (κ2) is 6.75. The maximum Gasteiger partial charge on any atom is 0.270 e. The molecule has 0 amide bonds. The van der Waals surface area contributed by atoms with Crippen LogP contribution in [0.15, 0.2) is 23.1 Å². The molecule has 1 aliphatic heterocycles. The molecule has 1 saturated heterocycles. The van der Waals surface area contributed by atoms with Crippen LogP contribution in [0.3, 0.4) is 0 Å². The number of rotatable bonds is 4. The summed E-state index contributed by atoms with van der Waals surface area (Å²) in [5.41, 5.74) is 0.768. The van der Waals surface area contributed by atoms with Crippen molar-refractivity contribution < 1.29 is 18.2 Å². The zero-order valence-electron chi connectivity index (χ0n) is 17.0. The van der Waals surface area contributed by atoms with Crippen molar-refractivity contribution in [2.45, 2.75) is 55.9 Å². The Kier molecular flexibility index (Phi) is 4.53. The third kappa shape index (κ3) is 3.20. The monoisotopic (exact) mass is 420 g/mol. The molecule has 8 heteroatoms. The van der Waals surface area contributed by atoms with Crippen LogP contribution in [0.4, 0.5) is 5.69 Å². The van der Waals surface area contributed by atoms with E-state index in [2.05, 4.69) is 0 Å². The molecular weight excluding hydrogens is 390 g/mol. The van der Waals surface area contributed by atoms with Crippen LogP contribution in [0.25, 0.3) is 0 Å². The molecule has 0 atom stereocenters. The smallest absolute Gasteiger partial charge is 0.270 e. The summed E-state index contributed by atoms with van der Waals surface area (Å²) in [6.45, 7) is 4.40. The summed E-state index contributed by atoms with van der Waals surface area (Å²) in [7, 11) is -3.71. The van der Waals surface area contributed by atoms with E-state index >= 15 is 0 Å². The fourth-order valence-corrected chi connectivity index (χ4v) is 8.88. The van der Waals surface area contributed by atoms with Gasteiger partial charge in [-0.3, -0.25) is 10.1 Å². The van der Waals surface area contributed by atoms with Gasteiger partial charge in [0, 0.05) is 31.4 Å². The Morgan fingerprint density at radius 3 is 2.14 bits per heavy atom. The molecule has 0 spiro atoms. The summed E-state index contributed by atoms with van der Waals surface area (Å²) >= 11 is 0. The first kappa shape index (κ1) is 19.5. The van der Waals surface area contributed by atoms with Crippen molar-refractivity contribution >= 4 is 15.7 Å². The lowest BCUT2D eigenvalue weighted by atomic mass is 9.52. The van der Waals surface area contributed by atoms with Gasteiger partial charge >= 0.3 is 0 Å². The number of benzene rings is 1. The van der Waals surface area contributed by atoms with Crippen LogP contribution in [0.1, 0.15) is 44.1 Å². The zero-order chi connectivity index (χ0) is 20.4. The molecule has 0 unspecified atom stereocenters. The lowest BCUT2D eigenvalue weighted by Crippen LogP contribution is -3.23. The fraction of sp³-hybridized carbons (Fsp3) is 0.714. The van der Waals surface area contributed by atoms with Crippen molar-refractivity contribution in [1.82, 2.24) is 4.31 Å². The molecule has 6 rings (SSSR count).